The van der Waals surface area contributed by atoms with E-state index in [9.17, 15) is 9.90 Å². The molecule has 2 aliphatic rings. The standard InChI is InChI=1S/C12H20O6/c1-11(2,14)15-6-5-7-8(13)9-10(16-7)18-12(3,4)17-9/h7,9-10,14H,5-6H2,1-4H3/t7?,9-,10?/m1/s1. The van der Waals surface area contributed by atoms with Crippen molar-refractivity contribution in [3.8, 4) is 0 Å². The predicted molar refractivity (Wildman–Crippen MR) is 60.6 cm³/mol. The Morgan fingerprint density at radius 1 is 1.39 bits per heavy atom. The van der Waals surface area contributed by atoms with Crippen LogP contribution in [0.4, 0.5) is 0 Å². The van der Waals surface area contributed by atoms with E-state index in [1.165, 1.54) is 13.8 Å². The Morgan fingerprint density at radius 2 is 2.06 bits per heavy atom. The molecule has 6 heteroatoms. The predicted octanol–water partition coefficient (Wildman–Crippen LogP) is 0.567. The Hall–Kier alpha value is -0.530. The van der Waals surface area contributed by atoms with Gasteiger partial charge in [-0.2, -0.15) is 0 Å². The highest BCUT2D eigenvalue weighted by Crippen LogP contribution is 2.35. The molecule has 104 valence electrons. The van der Waals surface area contributed by atoms with Gasteiger partial charge in [0.25, 0.3) is 0 Å². The highest BCUT2D eigenvalue weighted by Gasteiger charge is 2.54. The summed E-state index contributed by atoms with van der Waals surface area (Å²) in [5, 5.41) is 9.39. The third-order valence-electron chi connectivity index (χ3n) is 2.79. The number of hydrogen-bond acceptors (Lipinski definition) is 6. The smallest absolute Gasteiger partial charge is 0.195 e. The summed E-state index contributed by atoms with van der Waals surface area (Å²) < 4.78 is 21.6. The van der Waals surface area contributed by atoms with Gasteiger partial charge in [0.15, 0.2) is 29.8 Å². The molecule has 2 aliphatic heterocycles. The molecule has 0 aliphatic carbocycles. The first-order chi connectivity index (χ1) is 8.18. The van der Waals surface area contributed by atoms with Crippen LogP contribution in [0, 0.1) is 0 Å². The lowest BCUT2D eigenvalue weighted by atomic mass is 10.1. The number of aliphatic hydroxyl groups is 1. The summed E-state index contributed by atoms with van der Waals surface area (Å²) in [6.45, 7) is 6.80. The normalized spacial score (nSPS) is 34.9. The van der Waals surface area contributed by atoms with Crippen molar-refractivity contribution in [2.75, 3.05) is 6.61 Å². The van der Waals surface area contributed by atoms with Crippen LogP contribution < -0.4 is 0 Å². The number of carbonyl (C=O) groups excluding carboxylic acids is 1. The van der Waals surface area contributed by atoms with Gasteiger partial charge in [-0.25, -0.2) is 0 Å². The van der Waals surface area contributed by atoms with Gasteiger partial charge < -0.3 is 24.1 Å². The van der Waals surface area contributed by atoms with E-state index in [1.807, 2.05) is 0 Å². The van der Waals surface area contributed by atoms with Crippen LogP contribution in [0.3, 0.4) is 0 Å². The second-order valence-electron chi connectivity index (χ2n) is 5.54. The van der Waals surface area contributed by atoms with Crippen LogP contribution in [0.2, 0.25) is 0 Å². The van der Waals surface area contributed by atoms with E-state index in [-0.39, 0.29) is 12.4 Å². The van der Waals surface area contributed by atoms with Crippen molar-refractivity contribution < 1.29 is 28.8 Å². The van der Waals surface area contributed by atoms with E-state index in [1.54, 1.807) is 13.8 Å². The second-order valence-corrected chi connectivity index (χ2v) is 5.54. The fourth-order valence-corrected chi connectivity index (χ4v) is 2.06. The van der Waals surface area contributed by atoms with Crippen LogP contribution in [0.15, 0.2) is 0 Å². The van der Waals surface area contributed by atoms with Crippen molar-refractivity contribution in [3.05, 3.63) is 0 Å². The van der Waals surface area contributed by atoms with Crippen LogP contribution in [0.25, 0.3) is 0 Å². The van der Waals surface area contributed by atoms with Crippen molar-refractivity contribution in [2.45, 2.75) is 64.2 Å². The number of fused-ring (bicyclic) bond motifs is 1. The molecule has 0 aromatic heterocycles. The van der Waals surface area contributed by atoms with E-state index >= 15 is 0 Å². The van der Waals surface area contributed by atoms with Gasteiger partial charge in [0.05, 0.1) is 6.61 Å². The van der Waals surface area contributed by atoms with Crippen LogP contribution in [0.1, 0.15) is 34.1 Å². The molecule has 0 radical (unpaired) electrons. The van der Waals surface area contributed by atoms with Gasteiger partial charge in [-0.05, 0) is 27.7 Å². The van der Waals surface area contributed by atoms with Crippen molar-refractivity contribution in [2.24, 2.45) is 0 Å². The minimum absolute atomic E-state index is 0.120. The van der Waals surface area contributed by atoms with Crippen LogP contribution in [-0.4, -0.2) is 47.6 Å². The van der Waals surface area contributed by atoms with Crippen molar-refractivity contribution in [3.63, 3.8) is 0 Å². The third kappa shape index (κ3) is 3.07. The summed E-state index contributed by atoms with van der Waals surface area (Å²) in [7, 11) is 0. The minimum Gasteiger partial charge on any atom is -0.366 e. The summed E-state index contributed by atoms with van der Waals surface area (Å²) >= 11 is 0. The molecule has 2 fully saturated rings. The molecule has 3 atom stereocenters. The number of rotatable bonds is 4. The minimum atomic E-state index is -1.20. The number of ketones is 1. The maximum absolute atomic E-state index is 12.0. The summed E-state index contributed by atoms with van der Waals surface area (Å²) in [6, 6.07) is 0. The molecule has 0 bridgehead atoms. The molecule has 1 N–H and O–H groups in total. The molecule has 2 rings (SSSR count). The first-order valence-electron chi connectivity index (χ1n) is 6.09. The zero-order valence-electron chi connectivity index (χ0n) is 11.1. The van der Waals surface area contributed by atoms with E-state index in [2.05, 4.69) is 0 Å². The van der Waals surface area contributed by atoms with Crippen LogP contribution in [0.5, 0.6) is 0 Å². The number of Topliss-reactive ketones (excluding diaryl/α,β-unsaturated/α-hetero) is 1. The quantitative estimate of drug-likeness (QED) is 0.745. The molecule has 0 amide bonds. The fourth-order valence-electron chi connectivity index (χ4n) is 2.06. The van der Waals surface area contributed by atoms with E-state index < -0.39 is 30.1 Å². The summed E-state index contributed by atoms with van der Waals surface area (Å²) in [4.78, 5) is 12.0. The molecule has 2 saturated heterocycles. The maximum atomic E-state index is 12.0. The van der Waals surface area contributed by atoms with Crippen molar-refractivity contribution in [1.29, 1.82) is 0 Å². The molecule has 18 heavy (non-hydrogen) atoms. The maximum Gasteiger partial charge on any atom is 0.195 e. The fraction of sp³-hybridized carbons (Fsp3) is 0.917. The molecule has 0 aromatic rings. The monoisotopic (exact) mass is 260 g/mol. The van der Waals surface area contributed by atoms with E-state index in [4.69, 9.17) is 18.9 Å². The molecule has 0 aromatic carbocycles. The molecule has 0 saturated carbocycles. The van der Waals surface area contributed by atoms with Gasteiger partial charge in [-0.3, -0.25) is 4.79 Å². The Labute approximate surface area is 106 Å². The van der Waals surface area contributed by atoms with Gasteiger partial charge in [0.1, 0.15) is 6.10 Å². The second kappa shape index (κ2) is 4.54. The van der Waals surface area contributed by atoms with Crippen molar-refractivity contribution >= 4 is 5.78 Å². The average Bonchev–Trinajstić information content (AvgIpc) is 2.61. The molecule has 2 heterocycles. The highest BCUT2D eigenvalue weighted by molar-refractivity contribution is 5.89. The number of carbonyl (C=O) groups is 1. The zero-order chi connectivity index (χ0) is 13.6. The summed E-state index contributed by atoms with van der Waals surface area (Å²) in [6.07, 6.45) is -1.48. The molecule has 6 nitrogen and oxygen atoms in total. The molecule has 0 spiro atoms. The third-order valence-corrected chi connectivity index (χ3v) is 2.79. The Kier molecular flexibility index (Phi) is 3.50. The first-order valence-corrected chi connectivity index (χ1v) is 6.09. The molecular weight excluding hydrogens is 240 g/mol. The molecular formula is C12H20O6. The topological polar surface area (TPSA) is 74.2 Å². The van der Waals surface area contributed by atoms with E-state index in [0.717, 1.165) is 0 Å². The van der Waals surface area contributed by atoms with Crippen LogP contribution >= 0.6 is 0 Å². The lowest BCUT2D eigenvalue weighted by molar-refractivity contribution is -0.211. The Morgan fingerprint density at radius 3 is 2.61 bits per heavy atom. The van der Waals surface area contributed by atoms with E-state index in [0.29, 0.717) is 6.42 Å². The first kappa shape index (κ1) is 13.9. The van der Waals surface area contributed by atoms with Gasteiger partial charge in [0.2, 0.25) is 0 Å². The Bertz CT molecular complexity index is 332. The zero-order valence-corrected chi connectivity index (χ0v) is 11.1. The van der Waals surface area contributed by atoms with Gasteiger partial charge >= 0.3 is 0 Å². The summed E-state index contributed by atoms with van der Waals surface area (Å²) in [5.41, 5.74) is 0. The number of ether oxygens (including phenoxy) is 4. The summed E-state index contributed by atoms with van der Waals surface area (Å²) in [5.74, 6) is -2.10. The average molecular weight is 260 g/mol. The Balaban J connectivity index is 1.83. The molecule has 2 unspecified atom stereocenters. The van der Waals surface area contributed by atoms with Crippen LogP contribution in [-0.2, 0) is 23.7 Å². The van der Waals surface area contributed by atoms with Gasteiger partial charge in [-0.15, -0.1) is 0 Å². The number of hydrogen-bond donors (Lipinski definition) is 1. The largest absolute Gasteiger partial charge is 0.366 e. The highest BCUT2D eigenvalue weighted by atomic mass is 16.8. The van der Waals surface area contributed by atoms with Gasteiger partial charge in [0, 0.05) is 6.42 Å². The SMILES string of the molecule is CC(C)(O)OCCC1OC2OC(C)(C)O[C@@H]2C1=O. The lowest BCUT2D eigenvalue weighted by Gasteiger charge is -2.21. The van der Waals surface area contributed by atoms with Crippen molar-refractivity contribution in [1.82, 2.24) is 0 Å². The van der Waals surface area contributed by atoms with Gasteiger partial charge in [-0.1, -0.05) is 0 Å². The lowest BCUT2D eigenvalue weighted by Crippen LogP contribution is -2.32.